The number of anilines is 2. The van der Waals surface area contributed by atoms with Gasteiger partial charge in [0.2, 0.25) is 0 Å². The van der Waals surface area contributed by atoms with Crippen molar-refractivity contribution in [3.8, 4) is 0 Å². The quantitative estimate of drug-likeness (QED) is 0.255. The molecule has 1 saturated heterocycles. The van der Waals surface area contributed by atoms with Crippen molar-refractivity contribution in [3.63, 3.8) is 0 Å². The van der Waals surface area contributed by atoms with E-state index < -0.39 is 6.23 Å². The van der Waals surface area contributed by atoms with Gasteiger partial charge in [0.25, 0.3) is 0 Å². The lowest BCUT2D eigenvalue weighted by atomic mass is 9.87. The first-order valence-electron chi connectivity index (χ1n) is 12.9. The summed E-state index contributed by atoms with van der Waals surface area (Å²) in [5, 5.41) is 24.8. The maximum atomic E-state index is 12.3. The van der Waals surface area contributed by atoms with Crippen LogP contribution in [0.15, 0.2) is 42.7 Å². The molecule has 10 nitrogen and oxygen atoms in total. The molecule has 200 valence electrons. The lowest BCUT2D eigenvalue weighted by molar-refractivity contribution is -0.0482. The topological polar surface area (TPSA) is 131 Å². The molecule has 0 saturated carbocycles. The molecule has 5 N–H and O–H groups in total. The van der Waals surface area contributed by atoms with Crippen LogP contribution in [0.25, 0.3) is 10.9 Å². The number of nitrogens with two attached hydrogens (primary N) is 1. The van der Waals surface area contributed by atoms with Gasteiger partial charge >= 0.3 is 6.03 Å². The van der Waals surface area contributed by atoms with Crippen LogP contribution in [0.1, 0.15) is 58.7 Å². The maximum absolute atomic E-state index is 12.3. The van der Waals surface area contributed by atoms with Gasteiger partial charge in [-0.25, -0.2) is 4.79 Å². The van der Waals surface area contributed by atoms with E-state index in [1.165, 1.54) is 5.56 Å². The fourth-order valence-corrected chi connectivity index (χ4v) is 4.69. The normalized spacial score (nSPS) is 18.9. The van der Waals surface area contributed by atoms with Crippen LogP contribution in [-0.2, 0) is 10.2 Å². The molecule has 2 aromatic heterocycles. The average molecular weight is 510 g/mol. The molecule has 4 rings (SSSR count). The van der Waals surface area contributed by atoms with Crippen molar-refractivity contribution in [2.24, 2.45) is 0 Å². The maximum Gasteiger partial charge on any atom is 0.319 e. The van der Waals surface area contributed by atoms with E-state index in [4.69, 9.17) is 10.5 Å². The number of hydrogen-bond acceptors (Lipinski definition) is 7. The number of aliphatic hydroxyl groups is 1. The van der Waals surface area contributed by atoms with Crippen LogP contribution in [0, 0.1) is 0 Å². The molecule has 3 atom stereocenters. The molecule has 1 aromatic carbocycles. The van der Waals surface area contributed by atoms with Gasteiger partial charge in [0.05, 0.1) is 17.8 Å². The van der Waals surface area contributed by atoms with E-state index in [1.54, 1.807) is 13.1 Å². The number of nitrogens with zero attached hydrogens (tertiary/aromatic N) is 4. The van der Waals surface area contributed by atoms with Crippen molar-refractivity contribution in [2.45, 2.75) is 70.9 Å². The zero-order valence-electron chi connectivity index (χ0n) is 22.1. The molecule has 3 heterocycles. The number of aliphatic hydroxyl groups excluding tert-OH is 1. The molecular weight excluding hydrogens is 470 g/mol. The molecule has 0 aliphatic carbocycles. The second kappa shape index (κ2) is 11.5. The molecule has 2 amide bonds. The molecule has 1 unspecified atom stereocenters. The predicted molar refractivity (Wildman–Crippen MR) is 145 cm³/mol. The van der Waals surface area contributed by atoms with Crippen LogP contribution in [0.4, 0.5) is 16.3 Å². The Hall–Kier alpha value is -3.21. The number of carbonyl (C=O) groups is 1. The van der Waals surface area contributed by atoms with E-state index in [-0.39, 0.29) is 23.8 Å². The van der Waals surface area contributed by atoms with Gasteiger partial charge in [0.15, 0.2) is 5.82 Å². The van der Waals surface area contributed by atoms with Gasteiger partial charge in [0, 0.05) is 36.9 Å². The Morgan fingerprint density at radius 3 is 2.73 bits per heavy atom. The Morgan fingerprint density at radius 2 is 2.03 bits per heavy atom. The smallest absolute Gasteiger partial charge is 0.319 e. The summed E-state index contributed by atoms with van der Waals surface area (Å²) in [4.78, 5) is 14.3. The fraction of sp³-hybridized carbons (Fsp3) is 0.519. The summed E-state index contributed by atoms with van der Waals surface area (Å²) in [5.74, 6) is 0.409. The number of nitrogen functional groups attached to an aromatic ring is 1. The third-order valence-corrected chi connectivity index (χ3v) is 6.86. The number of hydrogen-bond donors (Lipinski definition) is 4. The summed E-state index contributed by atoms with van der Waals surface area (Å²) in [5.41, 5.74) is 8.89. The summed E-state index contributed by atoms with van der Waals surface area (Å²) in [7, 11) is 0. The van der Waals surface area contributed by atoms with Crippen molar-refractivity contribution in [1.82, 2.24) is 25.0 Å². The molecule has 1 fully saturated rings. The first kappa shape index (κ1) is 26.8. The van der Waals surface area contributed by atoms with Crippen LogP contribution < -0.4 is 16.4 Å². The number of ether oxygens (including phenoxy) is 1. The minimum atomic E-state index is -0.611. The highest BCUT2D eigenvalue weighted by Gasteiger charge is 2.29. The van der Waals surface area contributed by atoms with Gasteiger partial charge in [-0.2, -0.15) is 5.10 Å². The van der Waals surface area contributed by atoms with Crippen LogP contribution in [0.3, 0.4) is 0 Å². The van der Waals surface area contributed by atoms with Crippen molar-refractivity contribution < 1.29 is 14.6 Å². The van der Waals surface area contributed by atoms with E-state index in [9.17, 15) is 9.90 Å². The highest BCUT2D eigenvalue weighted by molar-refractivity contribution is 5.89. The van der Waals surface area contributed by atoms with Crippen molar-refractivity contribution >= 4 is 28.4 Å². The summed E-state index contributed by atoms with van der Waals surface area (Å²) in [6.07, 6.45) is 5.40. The third kappa shape index (κ3) is 6.76. The molecule has 10 heteroatoms. The van der Waals surface area contributed by atoms with Gasteiger partial charge < -0.3 is 30.8 Å². The number of amides is 2. The Kier molecular flexibility index (Phi) is 8.31. The monoisotopic (exact) mass is 509 g/mol. The van der Waals surface area contributed by atoms with Crippen LogP contribution in [-0.4, -0.2) is 62.8 Å². The summed E-state index contributed by atoms with van der Waals surface area (Å²) < 4.78 is 8.36. The zero-order valence-corrected chi connectivity index (χ0v) is 22.1. The Morgan fingerprint density at radius 1 is 1.27 bits per heavy atom. The first-order valence-corrected chi connectivity index (χ1v) is 12.9. The molecule has 0 bridgehead atoms. The van der Waals surface area contributed by atoms with Crippen molar-refractivity contribution in [1.29, 1.82) is 0 Å². The number of rotatable bonds is 9. The number of benzene rings is 1. The molecule has 37 heavy (non-hydrogen) atoms. The molecule has 0 spiro atoms. The Labute approximate surface area is 218 Å². The number of nitrogens with one attached hydrogen (secondary N) is 2. The van der Waals surface area contributed by atoms with Crippen LogP contribution in [0.5, 0.6) is 0 Å². The molecule has 1 aliphatic heterocycles. The lowest BCUT2D eigenvalue weighted by Crippen LogP contribution is -2.41. The standard InChI is InChI=1S/C27H39N7O3/c1-18(35)33(14-5-13-29-26(36)31-20-8-6-19(7-9-20)27(2,3)4)17-21-10-11-24(37-21)34-15-12-22-23(34)16-30-32-25(22)28/h6-9,12,15-16,18,21,24,35H,5,10-11,13-14,17H2,1-4H3,(H2,28,32)(H2,29,31,36)/t18?,21-,24+/m0/s1. The average Bonchev–Trinajstić information content (AvgIpc) is 3.48. The van der Waals surface area contributed by atoms with Crippen molar-refractivity contribution in [2.75, 3.05) is 30.7 Å². The van der Waals surface area contributed by atoms with Gasteiger partial charge in [-0.3, -0.25) is 4.90 Å². The van der Waals surface area contributed by atoms with Crippen LogP contribution >= 0.6 is 0 Å². The summed E-state index contributed by atoms with van der Waals surface area (Å²) in [6, 6.07) is 9.61. The molecule has 3 aromatic rings. The van der Waals surface area contributed by atoms with Crippen molar-refractivity contribution in [3.05, 3.63) is 48.3 Å². The summed E-state index contributed by atoms with van der Waals surface area (Å²) >= 11 is 0. The van der Waals surface area contributed by atoms with E-state index in [0.29, 0.717) is 31.9 Å². The molecule has 0 radical (unpaired) electrons. The largest absolute Gasteiger partial charge is 0.382 e. The Balaban J connectivity index is 1.21. The van der Waals surface area contributed by atoms with Crippen LogP contribution in [0.2, 0.25) is 0 Å². The van der Waals surface area contributed by atoms with E-state index >= 15 is 0 Å². The fourth-order valence-electron chi connectivity index (χ4n) is 4.69. The van der Waals surface area contributed by atoms with Gasteiger partial charge in [0.1, 0.15) is 12.5 Å². The minimum absolute atomic E-state index is 0.00322. The number of urea groups is 1. The highest BCUT2D eigenvalue weighted by Crippen LogP contribution is 2.33. The Bertz CT molecular complexity index is 1190. The molecule has 1 aliphatic rings. The number of aromatic nitrogens is 3. The minimum Gasteiger partial charge on any atom is -0.382 e. The zero-order chi connectivity index (χ0) is 26.6. The lowest BCUT2D eigenvalue weighted by Gasteiger charge is -2.28. The number of fused-ring (bicyclic) bond motifs is 1. The number of carbonyl (C=O) groups excluding carboxylic acids is 1. The second-order valence-electron chi connectivity index (χ2n) is 10.7. The molecular formula is C27H39N7O3. The third-order valence-electron chi connectivity index (χ3n) is 6.86. The summed E-state index contributed by atoms with van der Waals surface area (Å²) in [6.45, 7) is 9.99. The van der Waals surface area contributed by atoms with Gasteiger partial charge in [-0.15, -0.1) is 5.10 Å². The second-order valence-corrected chi connectivity index (χ2v) is 10.7. The predicted octanol–water partition coefficient (Wildman–Crippen LogP) is 3.84. The van der Waals surface area contributed by atoms with Gasteiger partial charge in [-0.05, 0) is 55.4 Å². The van der Waals surface area contributed by atoms with E-state index in [1.807, 2.05) is 46.0 Å². The van der Waals surface area contributed by atoms with E-state index in [2.05, 4.69) is 41.6 Å². The van der Waals surface area contributed by atoms with Gasteiger partial charge in [-0.1, -0.05) is 32.9 Å². The first-order chi connectivity index (χ1) is 17.6. The highest BCUT2D eigenvalue weighted by atomic mass is 16.5. The SMILES string of the molecule is CC(O)N(CCCNC(=O)Nc1ccc(C(C)(C)C)cc1)C[C@@H]1CC[C@H](n2ccc3c(N)nncc32)O1. The van der Waals surface area contributed by atoms with E-state index in [0.717, 1.165) is 29.4 Å².